The second kappa shape index (κ2) is 5.35. The van der Waals surface area contributed by atoms with Gasteiger partial charge in [0.2, 0.25) is 0 Å². The fourth-order valence-electron chi connectivity index (χ4n) is 1.94. The molecule has 1 fully saturated rings. The highest BCUT2D eigenvalue weighted by Crippen LogP contribution is 2.20. The molecule has 19 heavy (non-hydrogen) atoms. The van der Waals surface area contributed by atoms with Gasteiger partial charge in [0.15, 0.2) is 0 Å². The third kappa shape index (κ3) is 3.58. The van der Waals surface area contributed by atoms with E-state index in [1.165, 1.54) is 36.3 Å². The van der Waals surface area contributed by atoms with Crippen molar-refractivity contribution in [2.75, 3.05) is 0 Å². The van der Waals surface area contributed by atoms with E-state index in [2.05, 4.69) is 10.3 Å². The lowest BCUT2D eigenvalue weighted by atomic mass is 10.1. The summed E-state index contributed by atoms with van der Waals surface area (Å²) in [6.45, 7) is 0.776. The van der Waals surface area contributed by atoms with Crippen LogP contribution >= 0.6 is 11.3 Å². The molecule has 1 heterocycles. The van der Waals surface area contributed by atoms with Crippen LogP contribution in [0, 0.1) is 11.6 Å². The topological polar surface area (TPSA) is 24.9 Å². The minimum absolute atomic E-state index is 0.475. The molecule has 2 aromatic rings. The van der Waals surface area contributed by atoms with Crippen molar-refractivity contribution in [1.29, 1.82) is 0 Å². The Kier molecular flexibility index (Phi) is 3.57. The van der Waals surface area contributed by atoms with Crippen LogP contribution in [-0.4, -0.2) is 11.0 Å². The summed E-state index contributed by atoms with van der Waals surface area (Å²) in [6, 6.07) is 4.25. The van der Waals surface area contributed by atoms with Crippen molar-refractivity contribution in [3.63, 3.8) is 0 Å². The quantitative estimate of drug-likeness (QED) is 0.909. The first-order valence-electron chi connectivity index (χ1n) is 6.31. The van der Waals surface area contributed by atoms with Gasteiger partial charge in [-0.15, -0.1) is 11.3 Å². The predicted octanol–water partition coefficient (Wildman–Crippen LogP) is 3.26. The Labute approximate surface area is 114 Å². The minimum Gasteiger partial charge on any atom is -0.308 e. The molecule has 1 saturated carbocycles. The summed E-state index contributed by atoms with van der Waals surface area (Å²) < 4.78 is 26.2. The van der Waals surface area contributed by atoms with Gasteiger partial charge in [0, 0.05) is 30.5 Å². The first-order chi connectivity index (χ1) is 9.19. The van der Waals surface area contributed by atoms with Crippen molar-refractivity contribution < 1.29 is 8.78 Å². The van der Waals surface area contributed by atoms with Gasteiger partial charge in [0.25, 0.3) is 0 Å². The molecule has 1 aromatic carbocycles. The Bertz CT molecular complexity index is 558. The second-order valence-corrected chi connectivity index (χ2v) is 5.78. The van der Waals surface area contributed by atoms with E-state index in [1.807, 2.05) is 5.38 Å². The largest absolute Gasteiger partial charge is 0.308 e. The number of rotatable bonds is 5. The molecule has 1 aliphatic rings. The molecule has 5 heteroatoms. The third-order valence-corrected chi connectivity index (χ3v) is 3.92. The number of thiazole rings is 1. The Morgan fingerprint density at radius 2 is 1.95 bits per heavy atom. The van der Waals surface area contributed by atoms with E-state index in [0.29, 0.717) is 18.0 Å². The fourth-order valence-corrected chi connectivity index (χ4v) is 2.76. The molecule has 0 unspecified atom stereocenters. The summed E-state index contributed by atoms with van der Waals surface area (Å²) >= 11 is 1.53. The van der Waals surface area contributed by atoms with Crippen molar-refractivity contribution >= 4 is 11.3 Å². The first kappa shape index (κ1) is 12.7. The Morgan fingerprint density at radius 3 is 2.63 bits per heavy atom. The molecule has 0 spiro atoms. The van der Waals surface area contributed by atoms with Crippen LogP contribution in [0.25, 0.3) is 0 Å². The maximum absolute atomic E-state index is 13.1. The van der Waals surface area contributed by atoms with Gasteiger partial charge >= 0.3 is 0 Å². The van der Waals surface area contributed by atoms with Gasteiger partial charge in [-0.1, -0.05) is 0 Å². The van der Waals surface area contributed by atoms with Crippen LogP contribution in [0.1, 0.15) is 29.1 Å². The van der Waals surface area contributed by atoms with E-state index < -0.39 is 11.6 Å². The Balaban J connectivity index is 1.65. The van der Waals surface area contributed by atoms with Crippen molar-refractivity contribution in [3.05, 3.63) is 51.5 Å². The lowest BCUT2D eigenvalue weighted by Gasteiger charge is -2.00. The molecule has 0 bridgehead atoms. The van der Waals surface area contributed by atoms with Gasteiger partial charge in [-0.2, -0.15) is 0 Å². The summed E-state index contributed by atoms with van der Waals surface area (Å²) in [5.41, 5.74) is 1.62. The van der Waals surface area contributed by atoms with Crippen LogP contribution in [0.15, 0.2) is 23.6 Å². The zero-order valence-corrected chi connectivity index (χ0v) is 11.1. The number of nitrogens with zero attached hydrogens (tertiary/aromatic N) is 1. The molecule has 1 aromatic heterocycles. The van der Waals surface area contributed by atoms with Crippen LogP contribution < -0.4 is 5.32 Å². The molecule has 0 saturated heterocycles. The molecule has 0 atom stereocenters. The maximum atomic E-state index is 13.1. The molecule has 100 valence electrons. The SMILES string of the molecule is Fc1cc(F)cc(Cc2nc(CNC3CC3)cs2)c1. The molecule has 2 nitrogen and oxygen atoms in total. The summed E-state index contributed by atoms with van der Waals surface area (Å²) in [6.07, 6.45) is 2.97. The lowest BCUT2D eigenvalue weighted by Crippen LogP contribution is -2.15. The fraction of sp³-hybridized carbons (Fsp3) is 0.357. The van der Waals surface area contributed by atoms with Crippen molar-refractivity contribution in [3.8, 4) is 0 Å². The molecule has 0 amide bonds. The Hall–Kier alpha value is -1.33. The van der Waals surface area contributed by atoms with Crippen LogP contribution in [-0.2, 0) is 13.0 Å². The molecular formula is C14H14F2N2S. The number of nitrogens with one attached hydrogen (secondary N) is 1. The molecule has 1 aliphatic carbocycles. The molecule has 3 rings (SSSR count). The summed E-state index contributed by atoms with van der Waals surface area (Å²) in [5.74, 6) is -1.08. The normalized spacial score (nSPS) is 14.8. The van der Waals surface area contributed by atoms with Crippen LogP contribution in [0.4, 0.5) is 8.78 Å². The zero-order chi connectivity index (χ0) is 13.2. The first-order valence-corrected chi connectivity index (χ1v) is 7.18. The van der Waals surface area contributed by atoms with E-state index in [9.17, 15) is 8.78 Å². The van der Waals surface area contributed by atoms with E-state index >= 15 is 0 Å². The van der Waals surface area contributed by atoms with Gasteiger partial charge < -0.3 is 5.32 Å². The van der Waals surface area contributed by atoms with E-state index in [4.69, 9.17) is 0 Å². The van der Waals surface area contributed by atoms with E-state index in [-0.39, 0.29) is 0 Å². The van der Waals surface area contributed by atoms with Crippen LogP contribution in [0.5, 0.6) is 0 Å². The number of hydrogen-bond acceptors (Lipinski definition) is 3. The van der Waals surface area contributed by atoms with Crippen LogP contribution in [0.2, 0.25) is 0 Å². The molecular weight excluding hydrogens is 266 g/mol. The monoisotopic (exact) mass is 280 g/mol. The van der Waals surface area contributed by atoms with Gasteiger partial charge in [0.05, 0.1) is 10.7 Å². The number of halogens is 2. The lowest BCUT2D eigenvalue weighted by molar-refractivity contribution is 0.580. The number of aromatic nitrogens is 1. The molecule has 0 radical (unpaired) electrons. The highest BCUT2D eigenvalue weighted by atomic mass is 32.1. The van der Waals surface area contributed by atoms with Gasteiger partial charge in [-0.3, -0.25) is 0 Å². The maximum Gasteiger partial charge on any atom is 0.126 e. The number of hydrogen-bond donors (Lipinski definition) is 1. The van der Waals surface area contributed by atoms with Gasteiger partial charge in [-0.25, -0.2) is 13.8 Å². The highest BCUT2D eigenvalue weighted by molar-refractivity contribution is 7.09. The Morgan fingerprint density at radius 1 is 1.21 bits per heavy atom. The summed E-state index contributed by atoms with van der Waals surface area (Å²) in [5, 5.41) is 6.28. The summed E-state index contributed by atoms with van der Waals surface area (Å²) in [7, 11) is 0. The molecule has 0 aliphatic heterocycles. The second-order valence-electron chi connectivity index (χ2n) is 4.84. The van der Waals surface area contributed by atoms with Gasteiger partial charge in [0.1, 0.15) is 11.6 Å². The van der Waals surface area contributed by atoms with Crippen molar-refractivity contribution in [2.45, 2.75) is 31.8 Å². The van der Waals surface area contributed by atoms with Crippen molar-refractivity contribution in [2.24, 2.45) is 0 Å². The van der Waals surface area contributed by atoms with E-state index in [0.717, 1.165) is 23.3 Å². The minimum atomic E-state index is -0.540. The average Bonchev–Trinajstić information content (AvgIpc) is 3.06. The average molecular weight is 280 g/mol. The highest BCUT2D eigenvalue weighted by Gasteiger charge is 2.20. The molecule has 1 N–H and O–H groups in total. The number of benzene rings is 1. The zero-order valence-electron chi connectivity index (χ0n) is 10.3. The van der Waals surface area contributed by atoms with Crippen LogP contribution in [0.3, 0.4) is 0 Å². The smallest absolute Gasteiger partial charge is 0.126 e. The summed E-state index contributed by atoms with van der Waals surface area (Å²) in [4.78, 5) is 4.48. The third-order valence-electron chi connectivity index (χ3n) is 3.03. The standard InChI is InChI=1S/C14H14F2N2S/c15-10-3-9(4-11(16)6-10)5-14-18-13(8-19-14)7-17-12-1-2-12/h3-4,6,8,12,17H,1-2,5,7H2. The van der Waals surface area contributed by atoms with Gasteiger partial charge in [-0.05, 0) is 30.5 Å². The van der Waals surface area contributed by atoms with E-state index in [1.54, 1.807) is 0 Å². The predicted molar refractivity (Wildman–Crippen MR) is 71.1 cm³/mol. The van der Waals surface area contributed by atoms with Crippen molar-refractivity contribution in [1.82, 2.24) is 10.3 Å².